The highest BCUT2D eigenvalue weighted by molar-refractivity contribution is 9.10. The van der Waals surface area contributed by atoms with Crippen LogP contribution in [0.2, 0.25) is 0 Å². The SMILES string of the molecule is O=C(NCc1ccncc1)c1ccc(Br)nc1. The molecule has 4 nitrogen and oxygen atoms in total. The van der Waals surface area contributed by atoms with Crippen LogP contribution in [0.1, 0.15) is 15.9 Å². The first-order valence-corrected chi connectivity index (χ1v) is 5.83. The van der Waals surface area contributed by atoms with Crippen LogP contribution in [0.15, 0.2) is 47.5 Å². The highest BCUT2D eigenvalue weighted by Gasteiger charge is 2.05. The number of halogens is 1. The van der Waals surface area contributed by atoms with E-state index in [0.29, 0.717) is 16.7 Å². The molecule has 0 unspecified atom stereocenters. The molecule has 2 aromatic heterocycles. The maximum absolute atomic E-state index is 11.7. The summed E-state index contributed by atoms with van der Waals surface area (Å²) in [6.07, 6.45) is 4.93. The maximum Gasteiger partial charge on any atom is 0.253 e. The number of rotatable bonds is 3. The predicted molar refractivity (Wildman–Crippen MR) is 67.3 cm³/mol. The first-order chi connectivity index (χ1) is 8.25. The average molecular weight is 292 g/mol. The van der Waals surface area contributed by atoms with Crippen LogP contribution in [0.25, 0.3) is 0 Å². The summed E-state index contributed by atoms with van der Waals surface area (Å²) >= 11 is 3.22. The number of hydrogen-bond donors (Lipinski definition) is 1. The molecule has 0 aliphatic heterocycles. The van der Waals surface area contributed by atoms with Crippen LogP contribution in [-0.2, 0) is 6.54 Å². The molecule has 86 valence electrons. The lowest BCUT2D eigenvalue weighted by Gasteiger charge is -2.04. The summed E-state index contributed by atoms with van der Waals surface area (Å²) < 4.78 is 0.711. The van der Waals surface area contributed by atoms with Gasteiger partial charge in [0.1, 0.15) is 4.60 Å². The molecule has 5 heteroatoms. The maximum atomic E-state index is 11.7. The van der Waals surface area contributed by atoms with Crippen molar-refractivity contribution in [1.29, 1.82) is 0 Å². The lowest BCUT2D eigenvalue weighted by atomic mass is 10.2. The quantitative estimate of drug-likeness (QED) is 0.882. The van der Waals surface area contributed by atoms with E-state index in [1.54, 1.807) is 24.5 Å². The minimum Gasteiger partial charge on any atom is -0.348 e. The van der Waals surface area contributed by atoms with Gasteiger partial charge in [0.2, 0.25) is 0 Å². The number of hydrogen-bond acceptors (Lipinski definition) is 3. The van der Waals surface area contributed by atoms with Crippen LogP contribution in [0.4, 0.5) is 0 Å². The standard InChI is InChI=1S/C12H10BrN3O/c13-11-2-1-10(8-15-11)12(17)16-7-9-3-5-14-6-4-9/h1-6,8H,7H2,(H,16,17). The van der Waals surface area contributed by atoms with Gasteiger partial charge in [-0.1, -0.05) is 0 Å². The Balaban J connectivity index is 1.96. The second kappa shape index (κ2) is 5.54. The molecule has 0 aromatic carbocycles. The Morgan fingerprint density at radius 1 is 1.24 bits per heavy atom. The molecule has 0 fully saturated rings. The molecule has 2 heterocycles. The average Bonchev–Trinajstić information content (AvgIpc) is 2.38. The molecule has 2 rings (SSSR count). The van der Waals surface area contributed by atoms with Crippen LogP contribution >= 0.6 is 15.9 Å². The molecule has 0 aliphatic carbocycles. The van der Waals surface area contributed by atoms with Crippen molar-refractivity contribution in [3.05, 3.63) is 58.6 Å². The molecule has 0 bridgehead atoms. The molecule has 2 aromatic rings. The molecule has 0 saturated heterocycles. The van der Waals surface area contributed by atoms with E-state index in [0.717, 1.165) is 5.56 Å². The highest BCUT2D eigenvalue weighted by atomic mass is 79.9. The summed E-state index contributed by atoms with van der Waals surface area (Å²) in [6, 6.07) is 7.18. The van der Waals surface area contributed by atoms with Gasteiger partial charge in [-0.05, 0) is 45.8 Å². The van der Waals surface area contributed by atoms with Gasteiger partial charge in [-0.2, -0.15) is 0 Å². The fourth-order valence-electron chi connectivity index (χ4n) is 1.30. The second-order valence-corrected chi connectivity index (χ2v) is 4.22. The minimum atomic E-state index is -0.137. The van der Waals surface area contributed by atoms with Crippen LogP contribution in [0.3, 0.4) is 0 Å². The smallest absolute Gasteiger partial charge is 0.253 e. The molecule has 0 saturated carbocycles. The van der Waals surface area contributed by atoms with Gasteiger partial charge in [0.15, 0.2) is 0 Å². The van der Waals surface area contributed by atoms with Gasteiger partial charge in [0.25, 0.3) is 5.91 Å². The zero-order valence-corrected chi connectivity index (χ0v) is 10.5. The van der Waals surface area contributed by atoms with Gasteiger partial charge in [-0.3, -0.25) is 9.78 Å². The van der Waals surface area contributed by atoms with E-state index in [2.05, 4.69) is 31.2 Å². The monoisotopic (exact) mass is 291 g/mol. The van der Waals surface area contributed by atoms with Crippen molar-refractivity contribution >= 4 is 21.8 Å². The van der Waals surface area contributed by atoms with Gasteiger partial charge < -0.3 is 5.32 Å². The zero-order valence-electron chi connectivity index (χ0n) is 8.93. The largest absolute Gasteiger partial charge is 0.348 e. The number of nitrogens with zero attached hydrogens (tertiary/aromatic N) is 2. The van der Waals surface area contributed by atoms with E-state index in [9.17, 15) is 4.79 Å². The molecular weight excluding hydrogens is 282 g/mol. The van der Waals surface area contributed by atoms with E-state index in [1.165, 1.54) is 6.20 Å². The third kappa shape index (κ3) is 3.35. The van der Waals surface area contributed by atoms with Crippen LogP contribution in [0, 0.1) is 0 Å². The summed E-state index contributed by atoms with van der Waals surface area (Å²) in [4.78, 5) is 19.7. The second-order valence-electron chi connectivity index (χ2n) is 3.41. The number of pyridine rings is 2. The predicted octanol–water partition coefficient (Wildman–Crippen LogP) is 2.17. The van der Waals surface area contributed by atoms with Crippen molar-refractivity contribution < 1.29 is 4.79 Å². The Labute approximate surface area is 107 Å². The summed E-state index contributed by atoms with van der Waals surface area (Å²) in [7, 11) is 0. The van der Waals surface area contributed by atoms with Gasteiger partial charge in [0.05, 0.1) is 5.56 Å². The molecule has 17 heavy (non-hydrogen) atoms. The topological polar surface area (TPSA) is 54.9 Å². The Morgan fingerprint density at radius 2 is 2.00 bits per heavy atom. The minimum absolute atomic E-state index is 0.137. The van der Waals surface area contributed by atoms with Gasteiger partial charge in [-0.25, -0.2) is 4.98 Å². The summed E-state index contributed by atoms with van der Waals surface area (Å²) in [6.45, 7) is 0.484. The van der Waals surface area contributed by atoms with Crippen molar-refractivity contribution in [2.75, 3.05) is 0 Å². The van der Waals surface area contributed by atoms with Gasteiger partial charge >= 0.3 is 0 Å². The zero-order chi connectivity index (χ0) is 12.1. The Kier molecular flexibility index (Phi) is 3.82. The van der Waals surface area contributed by atoms with E-state index >= 15 is 0 Å². The fraction of sp³-hybridized carbons (Fsp3) is 0.0833. The Hall–Kier alpha value is -1.75. The number of carbonyl (C=O) groups is 1. The van der Waals surface area contributed by atoms with E-state index < -0.39 is 0 Å². The molecule has 0 atom stereocenters. The van der Waals surface area contributed by atoms with Crippen LogP contribution < -0.4 is 5.32 Å². The Bertz CT molecular complexity index is 499. The third-order valence-corrected chi connectivity index (χ3v) is 2.66. The first-order valence-electron chi connectivity index (χ1n) is 5.04. The fourth-order valence-corrected chi connectivity index (χ4v) is 1.53. The van der Waals surface area contributed by atoms with Gasteiger partial charge in [0, 0.05) is 25.1 Å². The number of amides is 1. The molecule has 0 radical (unpaired) electrons. The molecule has 1 N–H and O–H groups in total. The van der Waals surface area contributed by atoms with E-state index in [-0.39, 0.29) is 5.91 Å². The first kappa shape index (κ1) is 11.7. The summed E-state index contributed by atoms with van der Waals surface area (Å²) in [5.41, 5.74) is 1.56. The lowest BCUT2D eigenvalue weighted by molar-refractivity contribution is 0.0950. The summed E-state index contributed by atoms with van der Waals surface area (Å²) in [5.74, 6) is -0.137. The van der Waals surface area contributed by atoms with Crippen LogP contribution in [-0.4, -0.2) is 15.9 Å². The van der Waals surface area contributed by atoms with Crippen molar-refractivity contribution in [2.24, 2.45) is 0 Å². The van der Waals surface area contributed by atoms with Crippen molar-refractivity contribution in [2.45, 2.75) is 6.54 Å². The molecular formula is C12H10BrN3O. The molecule has 0 spiro atoms. The molecule has 0 aliphatic rings. The summed E-state index contributed by atoms with van der Waals surface area (Å²) in [5, 5.41) is 2.81. The van der Waals surface area contributed by atoms with Crippen LogP contribution in [0.5, 0.6) is 0 Å². The van der Waals surface area contributed by atoms with E-state index in [4.69, 9.17) is 0 Å². The lowest BCUT2D eigenvalue weighted by Crippen LogP contribution is -2.22. The highest BCUT2D eigenvalue weighted by Crippen LogP contribution is 2.06. The van der Waals surface area contributed by atoms with Crippen molar-refractivity contribution in [1.82, 2.24) is 15.3 Å². The Morgan fingerprint density at radius 3 is 2.65 bits per heavy atom. The number of carbonyl (C=O) groups excluding carboxylic acids is 1. The van der Waals surface area contributed by atoms with Gasteiger partial charge in [-0.15, -0.1) is 0 Å². The number of nitrogens with one attached hydrogen (secondary N) is 1. The normalized spacial score (nSPS) is 9.94. The third-order valence-electron chi connectivity index (χ3n) is 2.19. The van der Waals surface area contributed by atoms with E-state index in [1.807, 2.05) is 12.1 Å². The molecule has 1 amide bonds. The van der Waals surface area contributed by atoms with Crippen molar-refractivity contribution in [3.8, 4) is 0 Å². The van der Waals surface area contributed by atoms with Crippen molar-refractivity contribution in [3.63, 3.8) is 0 Å². The number of aromatic nitrogens is 2.